The molecule has 0 aliphatic carbocycles. The van der Waals surface area contributed by atoms with E-state index in [1.807, 2.05) is 37.3 Å². The van der Waals surface area contributed by atoms with Gasteiger partial charge in [-0.25, -0.2) is 9.78 Å². The molecule has 0 saturated carbocycles. The number of hydrogen-bond donors (Lipinski definition) is 3. The summed E-state index contributed by atoms with van der Waals surface area (Å²) in [5, 5.41) is 9.84. The summed E-state index contributed by atoms with van der Waals surface area (Å²) < 4.78 is 1.41. The number of hydrogen-bond acceptors (Lipinski definition) is 4. The molecule has 0 atom stereocenters. The lowest BCUT2D eigenvalue weighted by Gasteiger charge is -2.10. The molecule has 0 fully saturated rings. The predicted octanol–water partition coefficient (Wildman–Crippen LogP) is 2.15. The molecular formula is C18H20N6O2. The van der Waals surface area contributed by atoms with Crippen LogP contribution in [-0.2, 0) is 13.0 Å². The summed E-state index contributed by atoms with van der Waals surface area (Å²) >= 11 is 0. The van der Waals surface area contributed by atoms with Gasteiger partial charge in [-0.1, -0.05) is 37.3 Å². The third-order valence-corrected chi connectivity index (χ3v) is 3.71. The van der Waals surface area contributed by atoms with E-state index in [0.717, 1.165) is 5.56 Å². The fraction of sp³-hybridized carbons (Fsp3) is 0.222. The monoisotopic (exact) mass is 352 g/mol. The lowest BCUT2D eigenvalue weighted by Crippen LogP contribution is -2.29. The number of rotatable bonds is 5. The number of nitrogens with zero attached hydrogens (tertiary/aromatic N) is 3. The second-order valence-electron chi connectivity index (χ2n) is 5.79. The maximum Gasteiger partial charge on any atom is 0.320 e. The van der Waals surface area contributed by atoms with Gasteiger partial charge in [-0.2, -0.15) is 9.78 Å². The largest absolute Gasteiger partial charge is 0.334 e. The minimum Gasteiger partial charge on any atom is -0.334 e. The Kier molecular flexibility index (Phi) is 5.12. The van der Waals surface area contributed by atoms with Gasteiger partial charge in [0.2, 0.25) is 5.95 Å². The third-order valence-electron chi connectivity index (χ3n) is 3.71. The Morgan fingerprint density at radius 2 is 2.00 bits per heavy atom. The second-order valence-corrected chi connectivity index (χ2v) is 5.79. The summed E-state index contributed by atoms with van der Waals surface area (Å²) in [6, 6.07) is 12.4. The number of aromatic nitrogens is 4. The van der Waals surface area contributed by atoms with E-state index in [4.69, 9.17) is 0 Å². The van der Waals surface area contributed by atoms with Crippen molar-refractivity contribution in [3.05, 3.63) is 69.8 Å². The van der Waals surface area contributed by atoms with Gasteiger partial charge < -0.3 is 5.32 Å². The number of nitrogens with one attached hydrogen (secondary N) is 3. The second kappa shape index (κ2) is 7.64. The van der Waals surface area contributed by atoms with Crippen LogP contribution in [0.25, 0.3) is 5.95 Å². The fourth-order valence-corrected chi connectivity index (χ4v) is 2.46. The number of benzene rings is 1. The SMILES string of the molecule is CCc1cc(=O)[nH]c(-n2nc(C)cc2NC(=O)NCc2ccccc2)n1. The van der Waals surface area contributed by atoms with Crippen molar-refractivity contribution < 1.29 is 4.79 Å². The summed E-state index contributed by atoms with van der Waals surface area (Å²) in [5.41, 5.74) is 2.07. The molecule has 2 aromatic heterocycles. The highest BCUT2D eigenvalue weighted by molar-refractivity contribution is 5.88. The van der Waals surface area contributed by atoms with Gasteiger partial charge in [-0.15, -0.1) is 0 Å². The van der Waals surface area contributed by atoms with Crippen molar-refractivity contribution in [1.82, 2.24) is 25.1 Å². The Balaban J connectivity index is 1.78. The molecule has 3 N–H and O–H groups in total. The molecule has 134 valence electrons. The van der Waals surface area contributed by atoms with E-state index < -0.39 is 0 Å². The third kappa shape index (κ3) is 4.15. The van der Waals surface area contributed by atoms with Crippen LogP contribution >= 0.6 is 0 Å². The van der Waals surface area contributed by atoms with Crippen LogP contribution in [-0.4, -0.2) is 25.8 Å². The molecule has 0 spiro atoms. The number of aromatic amines is 1. The Bertz CT molecular complexity index is 961. The van der Waals surface area contributed by atoms with Crippen molar-refractivity contribution in [3.8, 4) is 5.95 Å². The Morgan fingerprint density at radius 3 is 2.73 bits per heavy atom. The summed E-state index contributed by atoms with van der Waals surface area (Å²) in [6.07, 6.45) is 0.623. The Hall–Kier alpha value is -3.42. The number of H-pyrrole nitrogens is 1. The summed E-state index contributed by atoms with van der Waals surface area (Å²) in [6.45, 7) is 4.11. The minimum absolute atomic E-state index is 0.264. The lowest BCUT2D eigenvalue weighted by molar-refractivity contribution is 0.251. The van der Waals surface area contributed by atoms with Gasteiger partial charge in [0.1, 0.15) is 5.82 Å². The highest BCUT2D eigenvalue weighted by Crippen LogP contribution is 2.14. The minimum atomic E-state index is -0.371. The first-order chi connectivity index (χ1) is 12.5. The van der Waals surface area contributed by atoms with E-state index in [1.54, 1.807) is 13.0 Å². The van der Waals surface area contributed by atoms with Gasteiger partial charge >= 0.3 is 6.03 Å². The van der Waals surface area contributed by atoms with Gasteiger partial charge in [-0.3, -0.25) is 15.1 Å². The van der Waals surface area contributed by atoms with Crippen molar-refractivity contribution in [2.45, 2.75) is 26.8 Å². The molecule has 0 bridgehead atoms. The molecule has 0 aliphatic heterocycles. The van der Waals surface area contributed by atoms with Gasteiger partial charge in [0.05, 0.1) is 5.69 Å². The van der Waals surface area contributed by atoms with E-state index >= 15 is 0 Å². The van der Waals surface area contributed by atoms with Crippen molar-refractivity contribution in [2.24, 2.45) is 0 Å². The molecule has 2 heterocycles. The van der Waals surface area contributed by atoms with E-state index in [1.165, 1.54) is 10.7 Å². The first-order valence-electron chi connectivity index (χ1n) is 8.31. The normalized spacial score (nSPS) is 10.5. The van der Waals surface area contributed by atoms with Crippen LogP contribution in [0.3, 0.4) is 0 Å². The van der Waals surface area contributed by atoms with Crippen molar-refractivity contribution >= 4 is 11.8 Å². The van der Waals surface area contributed by atoms with Crippen molar-refractivity contribution in [3.63, 3.8) is 0 Å². The summed E-state index contributed by atoms with van der Waals surface area (Å²) in [4.78, 5) is 31.0. The molecular weight excluding hydrogens is 332 g/mol. The zero-order valence-electron chi connectivity index (χ0n) is 14.6. The first-order valence-corrected chi connectivity index (χ1v) is 8.31. The van der Waals surface area contributed by atoms with E-state index in [0.29, 0.717) is 30.2 Å². The molecule has 8 nitrogen and oxygen atoms in total. The average molecular weight is 352 g/mol. The number of carbonyl (C=O) groups excluding carboxylic acids is 1. The van der Waals surface area contributed by atoms with Gasteiger partial charge in [-0.05, 0) is 18.9 Å². The van der Waals surface area contributed by atoms with Crippen molar-refractivity contribution in [1.29, 1.82) is 0 Å². The van der Waals surface area contributed by atoms with Crippen LogP contribution in [0.5, 0.6) is 0 Å². The topological polar surface area (TPSA) is 105 Å². The summed E-state index contributed by atoms with van der Waals surface area (Å²) in [5.74, 6) is 0.685. The Labute approximate surface area is 150 Å². The zero-order chi connectivity index (χ0) is 18.5. The molecule has 3 rings (SSSR count). The number of amides is 2. The predicted molar refractivity (Wildman–Crippen MR) is 98.4 cm³/mol. The molecule has 0 aliphatic rings. The molecule has 1 aromatic carbocycles. The number of carbonyl (C=O) groups is 1. The molecule has 2 amide bonds. The number of aryl methyl sites for hydroxylation is 2. The van der Waals surface area contributed by atoms with Gasteiger partial charge in [0, 0.05) is 24.4 Å². The van der Waals surface area contributed by atoms with E-state index in [2.05, 4.69) is 25.7 Å². The molecule has 3 aromatic rings. The molecule has 0 radical (unpaired) electrons. The van der Waals surface area contributed by atoms with Gasteiger partial charge in [0.15, 0.2) is 0 Å². The van der Waals surface area contributed by atoms with Crippen LogP contribution in [0.4, 0.5) is 10.6 Å². The maximum absolute atomic E-state index is 12.2. The molecule has 26 heavy (non-hydrogen) atoms. The highest BCUT2D eigenvalue weighted by atomic mass is 16.2. The molecule has 8 heteroatoms. The smallest absolute Gasteiger partial charge is 0.320 e. The van der Waals surface area contributed by atoms with Gasteiger partial charge in [0.25, 0.3) is 5.56 Å². The van der Waals surface area contributed by atoms with Crippen LogP contribution in [0, 0.1) is 6.92 Å². The van der Waals surface area contributed by atoms with Crippen LogP contribution in [0.1, 0.15) is 23.9 Å². The Morgan fingerprint density at radius 1 is 1.23 bits per heavy atom. The van der Waals surface area contributed by atoms with Crippen molar-refractivity contribution in [2.75, 3.05) is 5.32 Å². The zero-order valence-corrected chi connectivity index (χ0v) is 14.6. The van der Waals surface area contributed by atoms with E-state index in [-0.39, 0.29) is 17.5 Å². The molecule has 0 unspecified atom stereocenters. The first kappa shape index (κ1) is 17.4. The fourth-order valence-electron chi connectivity index (χ4n) is 2.46. The quantitative estimate of drug-likeness (QED) is 0.654. The van der Waals surface area contributed by atoms with Crippen LogP contribution in [0.2, 0.25) is 0 Å². The van der Waals surface area contributed by atoms with Crippen LogP contribution in [0.15, 0.2) is 47.3 Å². The summed E-state index contributed by atoms with van der Waals surface area (Å²) in [7, 11) is 0. The molecule has 0 saturated heterocycles. The number of anilines is 1. The van der Waals surface area contributed by atoms with E-state index in [9.17, 15) is 9.59 Å². The lowest BCUT2D eigenvalue weighted by atomic mass is 10.2. The highest BCUT2D eigenvalue weighted by Gasteiger charge is 2.13. The average Bonchev–Trinajstić information content (AvgIpc) is 3.00. The van der Waals surface area contributed by atoms with Crippen LogP contribution < -0.4 is 16.2 Å². The standard InChI is InChI=1S/C18H20N6O2/c1-3-14-10-16(25)22-17(20-14)24-15(9-12(2)23-24)21-18(26)19-11-13-7-5-4-6-8-13/h4-10H,3,11H2,1-2H3,(H2,19,21,26)(H,20,22,25). The maximum atomic E-state index is 12.2. The number of urea groups is 1.